The van der Waals surface area contributed by atoms with Crippen molar-refractivity contribution < 1.29 is 18.7 Å². The summed E-state index contributed by atoms with van der Waals surface area (Å²) in [5.41, 5.74) is 2.16. The minimum Gasteiger partial charge on any atom is -0.452 e. The van der Waals surface area contributed by atoms with Crippen LogP contribution in [0, 0.1) is 12.7 Å². The summed E-state index contributed by atoms with van der Waals surface area (Å²) in [5, 5.41) is 8.03. The lowest BCUT2D eigenvalue weighted by molar-refractivity contribution is -0.119. The Balaban J connectivity index is 1.42. The number of esters is 1. The quantitative estimate of drug-likeness (QED) is 0.370. The number of nitrogens with one attached hydrogen (secondary N) is 1. The molecule has 2 heterocycles. The lowest BCUT2D eigenvalue weighted by Crippen LogP contribution is -2.22. The van der Waals surface area contributed by atoms with Crippen LogP contribution >= 0.6 is 11.6 Å². The van der Waals surface area contributed by atoms with E-state index >= 15 is 0 Å². The molecule has 0 unspecified atom stereocenters. The summed E-state index contributed by atoms with van der Waals surface area (Å²) in [6.45, 7) is 1.28. The summed E-state index contributed by atoms with van der Waals surface area (Å²) in [6.07, 6.45) is 0. The SMILES string of the molecule is Cc1cc(NC(=O)COC(=O)c2ccc3nc(Cl)ccc3c2)n(-c2ccc(F)cc2)n1. The molecule has 0 aliphatic heterocycles. The highest BCUT2D eigenvalue weighted by atomic mass is 35.5. The molecule has 0 radical (unpaired) electrons. The van der Waals surface area contributed by atoms with Crippen LogP contribution in [0.2, 0.25) is 5.15 Å². The average molecular weight is 439 g/mol. The lowest BCUT2D eigenvalue weighted by atomic mass is 10.1. The highest BCUT2D eigenvalue weighted by molar-refractivity contribution is 6.29. The number of benzene rings is 2. The second-order valence-electron chi connectivity index (χ2n) is 6.72. The van der Waals surface area contributed by atoms with Gasteiger partial charge in [0.15, 0.2) is 6.61 Å². The maximum atomic E-state index is 13.2. The van der Waals surface area contributed by atoms with Crippen LogP contribution in [0.25, 0.3) is 16.6 Å². The fourth-order valence-electron chi connectivity index (χ4n) is 2.99. The maximum Gasteiger partial charge on any atom is 0.338 e. The summed E-state index contributed by atoms with van der Waals surface area (Å²) in [7, 11) is 0. The number of fused-ring (bicyclic) bond motifs is 1. The van der Waals surface area contributed by atoms with Crippen molar-refractivity contribution in [2.24, 2.45) is 0 Å². The number of anilines is 1. The fraction of sp³-hybridized carbons (Fsp3) is 0.0909. The summed E-state index contributed by atoms with van der Waals surface area (Å²) in [5.74, 6) is -1.18. The Bertz CT molecular complexity index is 1290. The molecule has 7 nitrogen and oxygen atoms in total. The number of aromatic nitrogens is 3. The first-order valence-corrected chi connectivity index (χ1v) is 9.63. The zero-order chi connectivity index (χ0) is 22.0. The number of carbonyl (C=O) groups is 2. The van der Waals surface area contributed by atoms with Crippen molar-refractivity contribution in [2.75, 3.05) is 11.9 Å². The third kappa shape index (κ3) is 4.70. The predicted octanol–water partition coefficient (Wildman–Crippen LogP) is 4.32. The third-order valence-electron chi connectivity index (χ3n) is 4.40. The number of aryl methyl sites for hydroxylation is 1. The Morgan fingerprint density at radius 3 is 2.65 bits per heavy atom. The van der Waals surface area contributed by atoms with E-state index in [1.165, 1.54) is 16.8 Å². The highest BCUT2D eigenvalue weighted by Gasteiger charge is 2.14. The molecule has 156 valence electrons. The first-order valence-electron chi connectivity index (χ1n) is 9.25. The van der Waals surface area contributed by atoms with Gasteiger partial charge < -0.3 is 10.1 Å². The second kappa shape index (κ2) is 8.53. The standard InChI is InChI=1S/C22H16ClFN4O3/c1-13-10-20(28(27-13)17-6-4-16(24)5-7-17)26-21(29)12-31-22(30)15-2-8-18-14(11-15)3-9-19(23)25-18/h2-11H,12H2,1H3,(H,26,29). The lowest BCUT2D eigenvalue weighted by Gasteiger charge is -2.09. The highest BCUT2D eigenvalue weighted by Crippen LogP contribution is 2.19. The number of halogens is 2. The Morgan fingerprint density at radius 2 is 1.87 bits per heavy atom. The smallest absolute Gasteiger partial charge is 0.338 e. The fourth-order valence-corrected chi connectivity index (χ4v) is 3.14. The number of nitrogens with zero attached hydrogens (tertiary/aromatic N) is 3. The van der Waals surface area contributed by atoms with Crippen molar-refractivity contribution in [1.29, 1.82) is 0 Å². The Morgan fingerprint density at radius 1 is 1.10 bits per heavy atom. The van der Waals surface area contributed by atoms with Gasteiger partial charge in [-0.15, -0.1) is 0 Å². The van der Waals surface area contributed by atoms with Crippen molar-refractivity contribution in [3.63, 3.8) is 0 Å². The zero-order valence-corrected chi connectivity index (χ0v) is 17.1. The molecule has 0 saturated heterocycles. The molecular weight excluding hydrogens is 423 g/mol. The molecule has 0 spiro atoms. The van der Waals surface area contributed by atoms with E-state index in [0.717, 1.165) is 5.39 Å². The molecule has 4 aromatic rings. The van der Waals surface area contributed by atoms with Gasteiger partial charge in [0.1, 0.15) is 16.8 Å². The summed E-state index contributed by atoms with van der Waals surface area (Å²) >= 11 is 5.86. The van der Waals surface area contributed by atoms with Crippen LogP contribution in [0.1, 0.15) is 16.1 Å². The summed E-state index contributed by atoms with van der Waals surface area (Å²) in [4.78, 5) is 28.8. The summed E-state index contributed by atoms with van der Waals surface area (Å²) < 4.78 is 19.8. The minimum atomic E-state index is -0.643. The number of pyridine rings is 1. The molecular formula is C22H16ClFN4O3. The number of hydrogen-bond acceptors (Lipinski definition) is 5. The normalized spacial score (nSPS) is 10.8. The van der Waals surface area contributed by atoms with E-state index in [0.29, 0.717) is 27.9 Å². The van der Waals surface area contributed by atoms with E-state index in [9.17, 15) is 14.0 Å². The molecule has 4 rings (SSSR count). The Kier molecular flexibility index (Phi) is 5.64. The number of ether oxygens (including phenoxy) is 1. The van der Waals surface area contributed by atoms with Crippen molar-refractivity contribution in [3.05, 3.63) is 82.9 Å². The summed E-state index contributed by atoms with van der Waals surface area (Å²) in [6, 6.07) is 15.5. The maximum absolute atomic E-state index is 13.2. The van der Waals surface area contributed by atoms with E-state index in [1.807, 2.05) is 0 Å². The van der Waals surface area contributed by atoms with Gasteiger partial charge in [-0.05, 0) is 61.5 Å². The van der Waals surface area contributed by atoms with E-state index in [1.54, 1.807) is 55.5 Å². The molecule has 31 heavy (non-hydrogen) atoms. The molecule has 0 saturated carbocycles. The largest absolute Gasteiger partial charge is 0.452 e. The van der Waals surface area contributed by atoms with Crippen LogP contribution in [0.15, 0.2) is 60.7 Å². The number of hydrogen-bond donors (Lipinski definition) is 1. The molecule has 1 amide bonds. The zero-order valence-electron chi connectivity index (χ0n) is 16.3. The molecule has 2 aromatic carbocycles. The van der Waals surface area contributed by atoms with Gasteiger partial charge in [-0.2, -0.15) is 5.10 Å². The van der Waals surface area contributed by atoms with Crippen LogP contribution in [-0.2, 0) is 9.53 Å². The van der Waals surface area contributed by atoms with Crippen molar-refractivity contribution in [3.8, 4) is 5.69 Å². The van der Waals surface area contributed by atoms with Gasteiger partial charge >= 0.3 is 5.97 Å². The first kappa shape index (κ1) is 20.5. The molecule has 0 fully saturated rings. The van der Waals surface area contributed by atoms with Crippen LogP contribution < -0.4 is 5.32 Å². The third-order valence-corrected chi connectivity index (χ3v) is 4.61. The topological polar surface area (TPSA) is 86.1 Å². The number of carbonyl (C=O) groups excluding carboxylic acids is 2. The monoisotopic (exact) mass is 438 g/mol. The Labute approximate surface area is 181 Å². The number of amides is 1. The molecule has 0 aliphatic rings. The van der Waals surface area contributed by atoms with E-state index in [-0.39, 0.29) is 11.4 Å². The van der Waals surface area contributed by atoms with Gasteiger partial charge in [-0.3, -0.25) is 4.79 Å². The molecule has 0 bridgehead atoms. The predicted molar refractivity (Wildman–Crippen MR) is 114 cm³/mol. The van der Waals surface area contributed by atoms with E-state index < -0.39 is 18.5 Å². The van der Waals surface area contributed by atoms with Crippen LogP contribution in [0.5, 0.6) is 0 Å². The molecule has 2 aromatic heterocycles. The molecule has 1 N–H and O–H groups in total. The van der Waals surface area contributed by atoms with Crippen molar-refractivity contribution >= 4 is 40.2 Å². The van der Waals surface area contributed by atoms with Gasteiger partial charge in [0, 0.05) is 11.5 Å². The minimum absolute atomic E-state index is 0.289. The Hall–Kier alpha value is -3.78. The van der Waals surface area contributed by atoms with Gasteiger partial charge in [0.2, 0.25) is 0 Å². The van der Waals surface area contributed by atoms with Gasteiger partial charge in [-0.25, -0.2) is 18.9 Å². The van der Waals surface area contributed by atoms with Gasteiger partial charge in [0.25, 0.3) is 5.91 Å². The molecule has 0 atom stereocenters. The molecule has 0 aliphatic carbocycles. The van der Waals surface area contributed by atoms with Crippen molar-refractivity contribution in [2.45, 2.75) is 6.92 Å². The van der Waals surface area contributed by atoms with Crippen LogP contribution in [0.4, 0.5) is 10.2 Å². The van der Waals surface area contributed by atoms with Crippen LogP contribution in [0.3, 0.4) is 0 Å². The van der Waals surface area contributed by atoms with E-state index in [2.05, 4.69) is 15.4 Å². The van der Waals surface area contributed by atoms with E-state index in [4.69, 9.17) is 16.3 Å². The van der Waals surface area contributed by atoms with Crippen LogP contribution in [-0.4, -0.2) is 33.2 Å². The average Bonchev–Trinajstić information content (AvgIpc) is 3.12. The molecule has 9 heteroatoms. The first-order chi connectivity index (χ1) is 14.9. The van der Waals surface area contributed by atoms with Gasteiger partial charge in [0.05, 0.1) is 22.5 Å². The van der Waals surface area contributed by atoms with Crippen molar-refractivity contribution in [1.82, 2.24) is 14.8 Å². The number of rotatable bonds is 5. The van der Waals surface area contributed by atoms with Gasteiger partial charge in [-0.1, -0.05) is 11.6 Å². The second-order valence-corrected chi connectivity index (χ2v) is 7.11.